The second-order valence-electron chi connectivity index (χ2n) is 5.86. The number of amides is 2. The number of rotatable bonds is 4. The molecule has 0 radical (unpaired) electrons. The molecule has 0 saturated carbocycles. The predicted octanol–water partition coefficient (Wildman–Crippen LogP) is 4.10. The van der Waals surface area contributed by atoms with E-state index in [0.29, 0.717) is 5.02 Å². The minimum Gasteiger partial charge on any atom is -0.360 e. The third-order valence-electron chi connectivity index (χ3n) is 3.88. The molecule has 2 amide bonds. The molecule has 144 valence electrons. The smallest absolute Gasteiger partial charge is 0.275 e. The van der Waals surface area contributed by atoms with Crippen LogP contribution in [0.5, 0.6) is 0 Å². The average molecular weight is 422 g/mol. The zero-order chi connectivity index (χ0) is 20.3. The van der Waals surface area contributed by atoms with Crippen LogP contribution >= 0.6 is 23.2 Å². The van der Waals surface area contributed by atoms with Crippen molar-refractivity contribution in [2.75, 3.05) is 0 Å². The Labute approximate surface area is 169 Å². The van der Waals surface area contributed by atoms with Crippen LogP contribution in [0.3, 0.4) is 0 Å². The van der Waals surface area contributed by atoms with Crippen LogP contribution in [-0.4, -0.2) is 17.0 Å². The molecule has 0 aliphatic heterocycles. The highest BCUT2D eigenvalue weighted by Crippen LogP contribution is 2.33. The van der Waals surface area contributed by atoms with Gasteiger partial charge in [0.05, 0.1) is 17.0 Å². The van der Waals surface area contributed by atoms with Gasteiger partial charge in [-0.3, -0.25) is 20.4 Å². The van der Waals surface area contributed by atoms with Crippen LogP contribution in [-0.2, 0) is 11.2 Å². The number of nitrogens with zero attached hydrogens (tertiary/aromatic N) is 1. The lowest BCUT2D eigenvalue weighted by atomic mass is 10.1. The Balaban J connectivity index is 1.74. The highest BCUT2D eigenvalue weighted by molar-refractivity contribution is 6.33. The fraction of sp³-hybridized carbons (Fsp3) is 0.105. The number of carbonyl (C=O) groups excluding carboxylic acids is 2. The average Bonchev–Trinajstić information content (AvgIpc) is 3.03. The summed E-state index contributed by atoms with van der Waals surface area (Å²) in [5, 5.41) is 4.38. The van der Waals surface area contributed by atoms with Crippen molar-refractivity contribution in [3.63, 3.8) is 0 Å². The van der Waals surface area contributed by atoms with Crippen molar-refractivity contribution in [3.05, 3.63) is 75.2 Å². The van der Waals surface area contributed by atoms with Gasteiger partial charge in [0.2, 0.25) is 5.91 Å². The zero-order valence-electron chi connectivity index (χ0n) is 14.6. The van der Waals surface area contributed by atoms with Gasteiger partial charge in [0.1, 0.15) is 22.8 Å². The predicted molar refractivity (Wildman–Crippen MR) is 102 cm³/mol. The van der Waals surface area contributed by atoms with Crippen LogP contribution in [0.1, 0.15) is 21.7 Å². The van der Waals surface area contributed by atoms with E-state index in [1.165, 1.54) is 25.1 Å². The third-order valence-corrected chi connectivity index (χ3v) is 4.45. The van der Waals surface area contributed by atoms with Crippen LogP contribution < -0.4 is 10.9 Å². The summed E-state index contributed by atoms with van der Waals surface area (Å²) in [4.78, 5) is 24.6. The van der Waals surface area contributed by atoms with Gasteiger partial charge in [-0.05, 0) is 36.8 Å². The fourth-order valence-corrected chi connectivity index (χ4v) is 2.93. The second-order valence-corrected chi connectivity index (χ2v) is 6.71. The van der Waals surface area contributed by atoms with Crippen molar-refractivity contribution in [2.45, 2.75) is 13.3 Å². The van der Waals surface area contributed by atoms with Gasteiger partial charge < -0.3 is 4.52 Å². The summed E-state index contributed by atoms with van der Waals surface area (Å²) < 4.78 is 19.2. The molecule has 2 N–H and O–H groups in total. The number of nitrogens with one attached hydrogen (secondary N) is 2. The van der Waals surface area contributed by atoms with Gasteiger partial charge in [-0.2, -0.15) is 0 Å². The third kappa shape index (κ3) is 4.32. The summed E-state index contributed by atoms with van der Waals surface area (Å²) in [6, 6.07) is 10.8. The van der Waals surface area contributed by atoms with Gasteiger partial charge >= 0.3 is 0 Å². The molecule has 3 rings (SSSR count). The van der Waals surface area contributed by atoms with Crippen LogP contribution in [0.15, 0.2) is 47.0 Å². The highest BCUT2D eigenvalue weighted by atomic mass is 35.5. The van der Waals surface area contributed by atoms with E-state index >= 15 is 0 Å². The SMILES string of the molecule is Cc1onc(-c2c(F)cccc2Cl)c1C(=O)NNC(=O)Cc1ccc(Cl)cc1. The molecule has 0 aliphatic carbocycles. The topological polar surface area (TPSA) is 84.2 Å². The van der Waals surface area contributed by atoms with E-state index in [9.17, 15) is 14.0 Å². The summed E-state index contributed by atoms with van der Waals surface area (Å²) >= 11 is 11.8. The molecule has 28 heavy (non-hydrogen) atoms. The van der Waals surface area contributed by atoms with E-state index < -0.39 is 17.6 Å². The summed E-state index contributed by atoms with van der Waals surface area (Å²) in [6.07, 6.45) is 0.0338. The first-order chi connectivity index (χ1) is 13.4. The normalized spacial score (nSPS) is 10.6. The Morgan fingerprint density at radius 3 is 2.50 bits per heavy atom. The van der Waals surface area contributed by atoms with Crippen molar-refractivity contribution in [3.8, 4) is 11.3 Å². The fourth-order valence-electron chi connectivity index (χ4n) is 2.56. The van der Waals surface area contributed by atoms with Crippen LogP contribution in [0.2, 0.25) is 10.0 Å². The van der Waals surface area contributed by atoms with E-state index in [-0.39, 0.29) is 34.0 Å². The largest absolute Gasteiger partial charge is 0.360 e. The summed E-state index contributed by atoms with van der Waals surface area (Å²) in [5.74, 6) is -1.66. The number of benzene rings is 2. The van der Waals surface area contributed by atoms with Crippen LogP contribution in [0, 0.1) is 12.7 Å². The Morgan fingerprint density at radius 1 is 1.11 bits per heavy atom. The molecule has 0 aliphatic rings. The van der Waals surface area contributed by atoms with Crippen molar-refractivity contribution < 1.29 is 18.5 Å². The molecule has 0 saturated heterocycles. The van der Waals surface area contributed by atoms with E-state index in [4.69, 9.17) is 27.7 Å². The summed E-state index contributed by atoms with van der Waals surface area (Å²) in [7, 11) is 0. The molecule has 2 aromatic carbocycles. The van der Waals surface area contributed by atoms with Gasteiger partial charge in [-0.15, -0.1) is 0 Å². The number of hydrogen-bond donors (Lipinski definition) is 2. The lowest BCUT2D eigenvalue weighted by Crippen LogP contribution is -2.42. The quantitative estimate of drug-likeness (QED) is 0.621. The summed E-state index contributed by atoms with van der Waals surface area (Å²) in [5.41, 5.74) is 5.16. The van der Waals surface area contributed by atoms with E-state index in [1.54, 1.807) is 24.3 Å². The maximum absolute atomic E-state index is 14.2. The first-order valence-corrected chi connectivity index (χ1v) is 8.86. The van der Waals surface area contributed by atoms with Crippen molar-refractivity contribution in [1.82, 2.24) is 16.0 Å². The van der Waals surface area contributed by atoms with Gasteiger partial charge in [-0.1, -0.05) is 46.6 Å². The minimum absolute atomic E-state index is 0.0289. The molecule has 1 heterocycles. The van der Waals surface area contributed by atoms with Gasteiger partial charge in [-0.25, -0.2) is 4.39 Å². The molecule has 1 aromatic heterocycles. The molecule has 0 unspecified atom stereocenters. The summed E-state index contributed by atoms with van der Waals surface area (Å²) in [6.45, 7) is 1.50. The maximum Gasteiger partial charge on any atom is 0.275 e. The zero-order valence-corrected chi connectivity index (χ0v) is 16.1. The molecule has 6 nitrogen and oxygen atoms in total. The van der Waals surface area contributed by atoms with Gasteiger partial charge in [0, 0.05) is 5.02 Å². The Bertz CT molecular complexity index is 1020. The Morgan fingerprint density at radius 2 is 1.82 bits per heavy atom. The Hall–Kier alpha value is -2.90. The van der Waals surface area contributed by atoms with E-state index in [1.807, 2.05) is 0 Å². The Kier molecular flexibility index (Phi) is 5.96. The highest BCUT2D eigenvalue weighted by Gasteiger charge is 2.25. The number of aromatic nitrogens is 1. The molecular weight excluding hydrogens is 408 g/mol. The lowest BCUT2D eigenvalue weighted by molar-refractivity contribution is -0.121. The van der Waals surface area contributed by atoms with Gasteiger partial charge in [0.25, 0.3) is 5.91 Å². The maximum atomic E-state index is 14.2. The second kappa shape index (κ2) is 8.41. The first-order valence-electron chi connectivity index (χ1n) is 8.11. The first kappa shape index (κ1) is 19.9. The van der Waals surface area contributed by atoms with Crippen molar-refractivity contribution in [2.24, 2.45) is 0 Å². The van der Waals surface area contributed by atoms with Crippen molar-refractivity contribution >= 4 is 35.0 Å². The molecular formula is C19H14Cl2FN3O3. The number of carbonyl (C=O) groups is 2. The number of aryl methyl sites for hydroxylation is 1. The molecule has 0 bridgehead atoms. The lowest BCUT2D eigenvalue weighted by Gasteiger charge is -2.09. The number of hydrogen-bond acceptors (Lipinski definition) is 4. The van der Waals surface area contributed by atoms with E-state index in [0.717, 1.165) is 5.56 Å². The van der Waals surface area contributed by atoms with Crippen molar-refractivity contribution in [1.29, 1.82) is 0 Å². The molecule has 9 heteroatoms. The molecule has 0 fully saturated rings. The minimum atomic E-state index is -0.711. The number of hydrazine groups is 1. The van der Waals surface area contributed by atoms with E-state index in [2.05, 4.69) is 16.0 Å². The number of halogens is 3. The molecule has 3 aromatic rings. The van der Waals surface area contributed by atoms with Gasteiger partial charge in [0.15, 0.2) is 0 Å². The monoisotopic (exact) mass is 421 g/mol. The molecule has 0 spiro atoms. The van der Waals surface area contributed by atoms with Crippen LogP contribution in [0.4, 0.5) is 4.39 Å². The molecule has 0 atom stereocenters. The standard InChI is InChI=1S/C19H14Cl2FN3O3/c1-10-16(18(25-28-10)17-13(21)3-2-4-14(17)22)19(27)24-23-15(26)9-11-5-7-12(20)8-6-11/h2-8H,9H2,1H3,(H,23,26)(H,24,27). The van der Waals surface area contributed by atoms with Crippen LogP contribution in [0.25, 0.3) is 11.3 Å².